The van der Waals surface area contributed by atoms with Crippen molar-refractivity contribution in [1.29, 1.82) is 0 Å². The maximum atomic E-state index is 12.9. The van der Waals surface area contributed by atoms with Gasteiger partial charge in [0.15, 0.2) is 0 Å². The Morgan fingerprint density at radius 2 is 1.80 bits per heavy atom. The van der Waals surface area contributed by atoms with Crippen molar-refractivity contribution in [3.05, 3.63) is 58.6 Å². The van der Waals surface area contributed by atoms with Gasteiger partial charge in [0.05, 0.1) is 7.11 Å². The lowest BCUT2D eigenvalue weighted by Gasteiger charge is -2.21. The lowest BCUT2D eigenvalue weighted by Crippen LogP contribution is -2.30. The van der Waals surface area contributed by atoms with Gasteiger partial charge >= 0.3 is 0 Å². The first-order chi connectivity index (χ1) is 14.4. The summed E-state index contributed by atoms with van der Waals surface area (Å²) in [6.45, 7) is 0.711. The fourth-order valence-electron chi connectivity index (χ4n) is 3.62. The van der Waals surface area contributed by atoms with Crippen LogP contribution in [0.3, 0.4) is 0 Å². The molecule has 0 spiro atoms. The summed E-state index contributed by atoms with van der Waals surface area (Å²) in [5.74, 6) is 0.394. The van der Waals surface area contributed by atoms with Gasteiger partial charge in [0.2, 0.25) is 10.0 Å². The largest absolute Gasteiger partial charge is 0.495 e. The van der Waals surface area contributed by atoms with Gasteiger partial charge in [-0.25, -0.2) is 13.1 Å². The SMILES string of the molecule is COc1ccc(C(=O)NCC2CCCCC2)cc1S(=O)(=O)NCc1ccc(Cl)cc1. The fraction of sp³-hybridized carbons (Fsp3) is 0.409. The Hall–Kier alpha value is -2.09. The van der Waals surface area contributed by atoms with Crippen LogP contribution in [0, 0.1) is 5.92 Å². The molecule has 0 radical (unpaired) electrons. The molecule has 1 fully saturated rings. The van der Waals surface area contributed by atoms with Crippen molar-refractivity contribution in [3.63, 3.8) is 0 Å². The maximum Gasteiger partial charge on any atom is 0.251 e. The van der Waals surface area contributed by atoms with Crippen LogP contribution in [-0.2, 0) is 16.6 Å². The molecule has 0 bridgehead atoms. The molecular formula is C22H27ClN2O4S. The third-order valence-electron chi connectivity index (χ3n) is 5.37. The topological polar surface area (TPSA) is 84.5 Å². The molecule has 2 aromatic rings. The number of rotatable bonds is 8. The van der Waals surface area contributed by atoms with Gasteiger partial charge in [0.25, 0.3) is 5.91 Å². The van der Waals surface area contributed by atoms with Crippen LogP contribution in [0.1, 0.15) is 48.0 Å². The zero-order valence-corrected chi connectivity index (χ0v) is 18.6. The molecule has 1 saturated carbocycles. The van der Waals surface area contributed by atoms with Crippen molar-refractivity contribution in [2.45, 2.75) is 43.5 Å². The molecule has 1 aliphatic rings. The van der Waals surface area contributed by atoms with Gasteiger partial charge in [-0.1, -0.05) is 43.0 Å². The first-order valence-electron chi connectivity index (χ1n) is 10.1. The Kier molecular flexibility index (Phi) is 7.75. The van der Waals surface area contributed by atoms with Crippen molar-refractivity contribution in [1.82, 2.24) is 10.0 Å². The molecule has 3 rings (SSSR count). The van der Waals surface area contributed by atoms with E-state index in [0.717, 1.165) is 18.4 Å². The third kappa shape index (κ3) is 5.97. The zero-order valence-electron chi connectivity index (χ0n) is 17.0. The second kappa shape index (κ2) is 10.3. The second-order valence-corrected chi connectivity index (χ2v) is 9.70. The molecule has 0 atom stereocenters. The average molecular weight is 451 g/mol. The Balaban J connectivity index is 1.72. The van der Waals surface area contributed by atoms with E-state index >= 15 is 0 Å². The predicted octanol–water partition coefficient (Wildman–Crippen LogP) is 4.14. The van der Waals surface area contributed by atoms with Gasteiger partial charge < -0.3 is 10.1 Å². The van der Waals surface area contributed by atoms with Crippen molar-refractivity contribution in [2.24, 2.45) is 5.92 Å². The molecule has 0 saturated heterocycles. The molecule has 0 heterocycles. The lowest BCUT2D eigenvalue weighted by atomic mass is 9.89. The number of halogens is 1. The second-order valence-electron chi connectivity index (χ2n) is 7.53. The zero-order chi connectivity index (χ0) is 21.6. The minimum absolute atomic E-state index is 0.0655. The smallest absolute Gasteiger partial charge is 0.251 e. The lowest BCUT2D eigenvalue weighted by molar-refractivity contribution is 0.0943. The normalized spacial score (nSPS) is 15.0. The summed E-state index contributed by atoms with van der Waals surface area (Å²) in [4.78, 5) is 12.5. The van der Waals surface area contributed by atoms with Gasteiger partial charge in [0.1, 0.15) is 10.6 Å². The quantitative estimate of drug-likeness (QED) is 0.633. The predicted molar refractivity (Wildman–Crippen MR) is 117 cm³/mol. The van der Waals surface area contributed by atoms with Crippen LogP contribution in [0.25, 0.3) is 0 Å². The van der Waals surface area contributed by atoms with E-state index in [0.29, 0.717) is 23.0 Å². The summed E-state index contributed by atoms with van der Waals surface area (Å²) in [7, 11) is -2.49. The number of hydrogen-bond donors (Lipinski definition) is 2. The summed E-state index contributed by atoms with van der Waals surface area (Å²) >= 11 is 5.87. The van der Waals surface area contributed by atoms with Gasteiger partial charge in [0, 0.05) is 23.7 Å². The molecule has 8 heteroatoms. The van der Waals surface area contributed by atoms with Crippen LogP contribution in [0.15, 0.2) is 47.4 Å². The van der Waals surface area contributed by atoms with Crippen molar-refractivity contribution < 1.29 is 17.9 Å². The summed E-state index contributed by atoms with van der Waals surface area (Å²) in [5, 5.41) is 3.52. The molecule has 2 aromatic carbocycles. The highest BCUT2D eigenvalue weighted by atomic mass is 35.5. The molecule has 0 unspecified atom stereocenters. The van der Waals surface area contributed by atoms with E-state index in [-0.39, 0.29) is 23.1 Å². The first kappa shape index (κ1) is 22.6. The molecule has 6 nitrogen and oxygen atoms in total. The summed E-state index contributed by atoms with van der Waals surface area (Å²) < 4.78 is 33.5. The maximum absolute atomic E-state index is 12.9. The molecule has 2 N–H and O–H groups in total. The highest BCUT2D eigenvalue weighted by Crippen LogP contribution is 2.26. The standard InChI is InChI=1S/C22H27ClN2O4S/c1-29-20-12-9-18(22(26)24-14-16-5-3-2-4-6-16)13-21(20)30(27,28)25-15-17-7-10-19(23)11-8-17/h7-13,16,25H,2-6,14-15H2,1H3,(H,24,26). The highest BCUT2D eigenvalue weighted by molar-refractivity contribution is 7.89. The fourth-order valence-corrected chi connectivity index (χ4v) is 4.95. The molecular weight excluding hydrogens is 424 g/mol. The molecule has 1 aliphatic carbocycles. The number of amides is 1. The van der Waals surface area contributed by atoms with E-state index < -0.39 is 10.0 Å². The van der Waals surface area contributed by atoms with E-state index in [1.807, 2.05) is 0 Å². The number of hydrogen-bond acceptors (Lipinski definition) is 4. The van der Waals surface area contributed by atoms with Crippen LogP contribution in [-0.4, -0.2) is 28.0 Å². The first-order valence-corrected chi connectivity index (χ1v) is 12.0. The van der Waals surface area contributed by atoms with Crippen molar-refractivity contribution >= 4 is 27.5 Å². The van der Waals surface area contributed by atoms with Crippen LogP contribution in [0.5, 0.6) is 5.75 Å². The van der Waals surface area contributed by atoms with Crippen LogP contribution in [0.2, 0.25) is 5.02 Å². The number of ether oxygens (including phenoxy) is 1. The number of sulfonamides is 1. The van der Waals surface area contributed by atoms with E-state index in [2.05, 4.69) is 10.0 Å². The summed E-state index contributed by atoms with van der Waals surface area (Å²) in [6.07, 6.45) is 5.90. The van der Waals surface area contributed by atoms with Gasteiger partial charge in [-0.15, -0.1) is 0 Å². The monoisotopic (exact) mass is 450 g/mol. The molecule has 1 amide bonds. The number of carbonyl (C=O) groups excluding carboxylic acids is 1. The van der Waals surface area contributed by atoms with E-state index in [1.165, 1.54) is 38.5 Å². The Bertz CT molecular complexity index is 971. The van der Waals surface area contributed by atoms with Crippen molar-refractivity contribution in [2.75, 3.05) is 13.7 Å². The molecule has 162 valence electrons. The van der Waals surface area contributed by atoms with E-state index in [4.69, 9.17) is 16.3 Å². The Morgan fingerprint density at radius 1 is 1.10 bits per heavy atom. The summed E-state index contributed by atoms with van der Waals surface area (Å²) in [6, 6.07) is 11.3. The van der Waals surface area contributed by atoms with Gasteiger partial charge in [-0.2, -0.15) is 0 Å². The minimum Gasteiger partial charge on any atom is -0.495 e. The van der Waals surface area contributed by atoms with Crippen molar-refractivity contribution in [3.8, 4) is 5.75 Å². The van der Waals surface area contributed by atoms with Crippen LogP contribution < -0.4 is 14.8 Å². The Labute approximate surface area is 183 Å². The average Bonchev–Trinajstić information content (AvgIpc) is 2.77. The molecule has 0 aliphatic heterocycles. The number of benzene rings is 2. The van der Waals surface area contributed by atoms with Crippen LogP contribution >= 0.6 is 11.6 Å². The minimum atomic E-state index is -3.89. The highest BCUT2D eigenvalue weighted by Gasteiger charge is 2.22. The van der Waals surface area contributed by atoms with Crippen LogP contribution in [0.4, 0.5) is 0 Å². The molecule has 30 heavy (non-hydrogen) atoms. The number of nitrogens with one attached hydrogen (secondary N) is 2. The van der Waals surface area contributed by atoms with Gasteiger partial charge in [-0.05, 0) is 54.7 Å². The van der Waals surface area contributed by atoms with E-state index in [1.54, 1.807) is 30.3 Å². The van der Waals surface area contributed by atoms with Gasteiger partial charge in [-0.3, -0.25) is 4.79 Å². The number of methoxy groups -OCH3 is 1. The van der Waals surface area contributed by atoms with E-state index in [9.17, 15) is 13.2 Å². The number of carbonyl (C=O) groups is 1. The molecule has 0 aromatic heterocycles. The Morgan fingerprint density at radius 3 is 2.47 bits per heavy atom. The summed E-state index contributed by atoms with van der Waals surface area (Å²) in [5.41, 5.74) is 1.06. The third-order valence-corrected chi connectivity index (χ3v) is 7.05.